The van der Waals surface area contributed by atoms with Gasteiger partial charge in [0.05, 0.1) is 34.3 Å². The molecule has 0 radical (unpaired) electrons. The summed E-state index contributed by atoms with van der Waals surface area (Å²) in [5.41, 5.74) is 2.36. The van der Waals surface area contributed by atoms with Crippen LogP contribution < -0.4 is 20.7 Å². The van der Waals surface area contributed by atoms with Gasteiger partial charge >= 0.3 is 0 Å². The molecular formula is C25H20N10O2S3. The number of amidine groups is 1. The van der Waals surface area contributed by atoms with Gasteiger partial charge in [-0.2, -0.15) is 0 Å². The van der Waals surface area contributed by atoms with Crippen molar-refractivity contribution in [1.82, 2.24) is 19.9 Å². The number of nitrogens with one attached hydrogen (secondary N) is 4. The normalized spacial score (nSPS) is 17.2. The van der Waals surface area contributed by atoms with E-state index in [0.717, 1.165) is 5.84 Å². The molecule has 2 aromatic heterocycles. The molecule has 2 unspecified atom stereocenters. The molecular weight excluding hydrogens is 569 g/mol. The largest absolute Gasteiger partial charge is 0.332 e. The van der Waals surface area contributed by atoms with Gasteiger partial charge in [0.1, 0.15) is 12.2 Å². The van der Waals surface area contributed by atoms with E-state index in [1.807, 2.05) is 12.1 Å². The van der Waals surface area contributed by atoms with E-state index in [1.54, 1.807) is 48.7 Å². The number of thioether (sulfide) groups is 1. The first-order valence-corrected chi connectivity index (χ1v) is 14.6. The Hall–Kier alpha value is -4.47. The van der Waals surface area contributed by atoms with E-state index in [2.05, 4.69) is 62.7 Å². The molecule has 0 spiro atoms. The van der Waals surface area contributed by atoms with Gasteiger partial charge in [0.15, 0.2) is 5.11 Å². The first kappa shape index (κ1) is 25.8. The van der Waals surface area contributed by atoms with E-state index in [0.29, 0.717) is 17.3 Å². The fraction of sp³-hybridized carbons (Fsp3) is 0.0800. The summed E-state index contributed by atoms with van der Waals surface area (Å²) in [5.74, 6) is 1.14. The Morgan fingerprint density at radius 3 is 2.35 bits per heavy atom. The van der Waals surface area contributed by atoms with Crippen LogP contribution in [0, 0.1) is 0 Å². The predicted molar refractivity (Wildman–Crippen MR) is 160 cm³/mol. The molecule has 2 atom stereocenters. The van der Waals surface area contributed by atoms with Crippen LogP contribution in [0.2, 0.25) is 0 Å². The molecule has 0 fully saturated rings. The lowest BCUT2D eigenvalue weighted by Gasteiger charge is -2.21. The lowest BCUT2D eigenvalue weighted by atomic mass is 10.0. The van der Waals surface area contributed by atoms with Crippen LogP contribution >= 0.6 is 24.0 Å². The van der Waals surface area contributed by atoms with Gasteiger partial charge in [-0.25, -0.2) is 38.1 Å². The van der Waals surface area contributed by atoms with E-state index in [4.69, 9.17) is 12.2 Å². The van der Waals surface area contributed by atoms with Gasteiger partial charge in [0.25, 0.3) is 10.0 Å². The van der Waals surface area contributed by atoms with Gasteiger partial charge < -0.3 is 16.0 Å². The molecule has 4 heterocycles. The van der Waals surface area contributed by atoms with Crippen LogP contribution in [0.1, 0.15) is 11.6 Å². The summed E-state index contributed by atoms with van der Waals surface area (Å²) in [6.07, 6.45) is 7.67. The molecule has 4 N–H and O–H groups in total. The molecule has 15 heteroatoms. The van der Waals surface area contributed by atoms with Gasteiger partial charge in [0, 0.05) is 23.0 Å². The third-order valence-electron chi connectivity index (χ3n) is 5.84. The van der Waals surface area contributed by atoms with Crippen molar-refractivity contribution < 1.29 is 8.42 Å². The monoisotopic (exact) mass is 588 g/mol. The van der Waals surface area contributed by atoms with Crippen molar-refractivity contribution in [3.8, 4) is 0 Å². The zero-order chi connectivity index (χ0) is 27.5. The molecule has 0 aliphatic carbocycles. The summed E-state index contributed by atoms with van der Waals surface area (Å²) in [6.45, 7) is 0. The summed E-state index contributed by atoms with van der Waals surface area (Å²) in [4.78, 5) is 26.7. The lowest BCUT2D eigenvalue weighted by molar-refractivity contribution is 0.601. The van der Waals surface area contributed by atoms with Crippen molar-refractivity contribution in [3.05, 3.63) is 84.9 Å². The third-order valence-corrected chi connectivity index (χ3v) is 8.74. The molecule has 0 bridgehead atoms. The highest BCUT2D eigenvalue weighted by atomic mass is 32.2. The Kier molecular flexibility index (Phi) is 7.06. The number of rotatable bonds is 6. The Labute approximate surface area is 239 Å². The minimum Gasteiger partial charge on any atom is -0.332 e. The van der Waals surface area contributed by atoms with Crippen LogP contribution in [0.3, 0.4) is 0 Å². The van der Waals surface area contributed by atoms with Gasteiger partial charge in [-0.05, 0) is 54.2 Å². The fourth-order valence-electron chi connectivity index (χ4n) is 4.02. The number of anilines is 4. The maximum Gasteiger partial charge on any atom is 0.264 e. The molecule has 2 aliphatic rings. The van der Waals surface area contributed by atoms with Gasteiger partial charge in [-0.3, -0.25) is 4.99 Å². The van der Waals surface area contributed by atoms with E-state index >= 15 is 0 Å². The smallest absolute Gasteiger partial charge is 0.264 e. The topological polar surface area (TPSA) is 159 Å². The molecule has 200 valence electrons. The standard InChI is InChI=1S/C25H20N10O2S3/c36-40(37,35-24-26-10-3-11-27-24)17-8-6-15(7-9-17)32-25(38)33-16-12-28-23(29-13-16)34-22-21-20(30-14-31-22)18-4-1-2-5-19(18)39-21/h1-14,20-21H,(H,26,27,35)(H2,32,33,38)(H,28,29,30,31,34). The average Bonchev–Trinajstić information content (AvgIpc) is 3.35. The summed E-state index contributed by atoms with van der Waals surface area (Å²) in [7, 11) is -3.83. The molecule has 0 amide bonds. The molecule has 0 saturated carbocycles. The molecule has 4 aromatic rings. The quantitative estimate of drug-likeness (QED) is 0.242. The highest BCUT2D eigenvalue weighted by molar-refractivity contribution is 8.01. The minimum atomic E-state index is -3.83. The summed E-state index contributed by atoms with van der Waals surface area (Å²) < 4.78 is 27.4. The number of sulfonamides is 1. The van der Waals surface area contributed by atoms with Crippen molar-refractivity contribution in [3.63, 3.8) is 0 Å². The average molecular weight is 589 g/mol. The summed E-state index contributed by atoms with van der Waals surface area (Å²) >= 11 is 7.10. The number of fused-ring (bicyclic) bond motifs is 3. The predicted octanol–water partition coefficient (Wildman–Crippen LogP) is 3.94. The number of nitrogens with zero attached hydrogens (tertiary/aromatic N) is 6. The van der Waals surface area contributed by atoms with Crippen molar-refractivity contribution >= 4 is 74.6 Å². The van der Waals surface area contributed by atoms with E-state index in [9.17, 15) is 8.42 Å². The van der Waals surface area contributed by atoms with Crippen molar-refractivity contribution in [1.29, 1.82) is 0 Å². The molecule has 2 aromatic carbocycles. The highest BCUT2D eigenvalue weighted by Gasteiger charge is 2.38. The highest BCUT2D eigenvalue weighted by Crippen LogP contribution is 2.47. The van der Waals surface area contributed by atoms with Crippen molar-refractivity contribution in [2.45, 2.75) is 21.1 Å². The number of aliphatic imine (C=N–C) groups is 2. The maximum atomic E-state index is 12.6. The van der Waals surface area contributed by atoms with E-state index in [-0.39, 0.29) is 27.2 Å². The molecule has 6 rings (SSSR count). The van der Waals surface area contributed by atoms with Crippen LogP contribution in [0.5, 0.6) is 0 Å². The summed E-state index contributed by atoms with van der Waals surface area (Å²) in [6, 6.07) is 15.9. The second-order valence-electron chi connectivity index (χ2n) is 8.50. The number of aromatic nitrogens is 4. The Bertz CT molecular complexity index is 1710. The zero-order valence-electron chi connectivity index (χ0n) is 20.5. The van der Waals surface area contributed by atoms with Crippen molar-refractivity contribution in [2.75, 3.05) is 20.7 Å². The van der Waals surface area contributed by atoms with Crippen LogP contribution in [0.15, 0.2) is 99.2 Å². The first-order valence-electron chi connectivity index (χ1n) is 11.9. The lowest BCUT2D eigenvalue weighted by Crippen LogP contribution is -2.31. The van der Waals surface area contributed by atoms with Gasteiger partial charge in [-0.15, -0.1) is 11.8 Å². The second kappa shape index (κ2) is 11.0. The van der Waals surface area contributed by atoms with Gasteiger partial charge in [0.2, 0.25) is 11.9 Å². The molecule has 40 heavy (non-hydrogen) atoms. The first-order chi connectivity index (χ1) is 19.4. The van der Waals surface area contributed by atoms with Crippen LogP contribution in [0.25, 0.3) is 0 Å². The van der Waals surface area contributed by atoms with Gasteiger partial charge in [-0.1, -0.05) is 18.2 Å². The van der Waals surface area contributed by atoms with E-state index in [1.165, 1.54) is 35.0 Å². The van der Waals surface area contributed by atoms with Crippen molar-refractivity contribution in [2.24, 2.45) is 9.98 Å². The Balaban J connectivity index is 1.04. The Morgan fingerprint density at radius 1 is 0.850 bits per heavy atom. The number of hydrogen-bond acceptors (Lipinski definition) is 11. The molecule has 0 saturated heterocycles. The number of benzene rings is 2. The van der Waals surface area contributed by atoms with Crippen LogP contribution in [-0.2, 0) is 10.0 Å². The molecule has 2 aliphatic heterocycles. The summed E-state index contributed by atoms with van der Waals surface area (Å²) in [5, 5.41) is 9.55. The SMILES string of the molecule is O=S(=O)(Nc1ncccn1)c1ccc(NC(=S)Nc2cnc(NC3=NC=NC4c5ccccc5SC34)nc2)cc1. The van der Waals surface area contributed by atoms with E-state index < -0.39 is 10.0 Å². The second-order valence-corrected chi connectivity index (χ2v) is 11.8. The van der Waals surface area contributed by atoms with Crippen LogP contribution in [-0.4, -0.2) is 50.9 Å². The maximum absolute atomic E-state index is 12.6. The number of hydrogen-bond donors (Lipinski definition) is 4. The molecule has 12 nitrogen and oxygen atoms in total. The number of thiocarbonyl (C=S) groups is 1. The minimum absolute atomic E-state index is 0.00807. The zero-order valence-corrected chi connectivity index (χ0v) is 22.9. The third kappa shape index (κ3) is 5.61. The fourth-order valence-corrected chi connectivity index (χ4v) is 6.54. The van der Waals surface area contributed by atoms with Crippen LogP contribution in [0.4, 0.5) is 23.3 Å². The Morgan fingerprint density at radius 2 is 1.57 bits per heavy atom.